The molecule has 1 amide bonds. The number of carbonyl (C=O) groups excluding carboxylic acids is 1. The fourth-order valence-electron chi connectivity index (χ4n) is 3.63. The number of halogens is 2. The third kappa shape index (κ3) is 6.22. The highest BCUT2D eigenvalue weighted by Gasteiger charge is 2.22. The summed E-state index contributed by atoms with van der Waals surface area (Å²) in [6, 6.07) is 14.0. The highest BCUT2D eigenvalue weighted by atomic mass is 79.9. The SMILES string of the molecule is CCN(CC)CCN(C(=O)c1ccc(N(CC)CC)cc1)c1nc2ccc(Br)cc2s1.Cl. The number of amides is 1. The van der Waals surface area contributed by atoms with Crippen LogP contribution in [0.15, 0.2) is 46.9 Å². The Balaban J connectivity index is 0.00000363. The number of rotatable bonds is 10. The van der Waals surface area contributed by atoms with Gasteiger partial charge in [0.2, 0.25) is 0 Å². The summed E-state index contributed by atoms with van der Waals surface area (Å²) < 4.78 is 2.09. The van der Waals surface area contributed by atoms with Crippen molar-refractivity contribution in [2.24, 2.45) is 0 Å². The van der Waals surface area contributed by atoms with Gasteiger partial charge in [-0.2, -0.15) is 0 Å². The van der Waals surface area contributed by atoms with Gasteiger partial charge in [-0.05, 0) is 69.4 Å². The molecule has 0 aliphatic carbocycles. The van der Waals surface area contributed by atoms with Crippen LogP contribution in [0.1, 0.15) is 38.1 Å². The van der Waals surface area contributed by atoms with E-state index in [9.17, 15) is 4.79 Å². The second-order valence-corrected chi connectivity index (χ2v) is 9.24. The van der Waals surface area contributed by atoms with E-state index in [1.54, 1.807) is 11.3 Å². The number of hydrogen-bond acceptors (Lipinski definition) is 5. The summed E-state index contributed by atoms with van der Waals surface area (Å²) in [6.07, 6.45) is 0. The molecule has 0 spiro atoms. The second-order valence-electron chi connectivity index (χ2n) is 7.31. The van der Waals surface area contributed by atoms with E-state index in [0.29, 0.717) is 12.1 Å². The molecular weight excluding hydrogens is 508 g/mol. The summed E-state index contributed by atoms with van der Waals surface area (Å²) in [6.45, 7) is 13.8. The summed E-state index contributed by atoms with van der Waals surface area (Å²) >= 11 is 5.09. The lowest BCUT2D eigenvalue weighted by Gasteiger charge is -2.25. The molecule has 0 N–H and O–H groups in total. The molecule has 0 radical (unpaired) electrons. The molecule has 0 fully saturated rings. The van der Waals surface area contributed by atoms with Crippen LogP contribution in [0.5, 0.6) is 0 Å². The number of thiazole rings is 1. The Bertz CT molecular complexity index is 1000. The lowest BCUT2D eigenvalue weighted by molar-refractivity contribution is 0.0984. The van der Waals surface area contributed by atoms with Crippen molar-refractivity contribution in [1.29, 1.82) is 0 Å². The molecule has 0 aliphatic rings. The first-order valence-corrected chi connectivity index (χ1v) is 12.6. The lowest BCUT2D eigenvalue weighted by atomic mass is 10.1. The van der Waals surface area contributed by atoms with Gasteiger partial charge in [0.1, 0.15) is 0 Å². The normalized spacial score (nSPS) is 10.9. The zero-order chi connectivity index (χ0) is 22.4. The first-order valence-electron chi connectivity index (χ1n) is 11.0. The van der Waals surface area contributed by atoms with Gasteiger partial charge in [-0.1, -0.05) is 41.1 Å². The molecule has 0 atom stereocenters. The summed E-state index contributed by atoms with van der Waals surface area (Å²) in [5.41, 5.74) is 2.75. The maximum absolute atomic E-state index is 13.5. The molecule has 0 aliphatic heterocycles. The van der Waals surface area contributed by atoms with E-state index in [4.69, 9.17) is 4.98 Å². The van der Waals surface area contributed by atoms with Crippen LogP contribution >= 0.6 is 39.7 Å². The maximum Gasteiger partial charge on any atom is 0.260 e. The van der Waals surface area contributed by atoms with Crippen LogP contribution in [0.2, 0.25) is 0 Å². The van der Waals surface area contributed by atoms with Crippen LogP contribution in [0, 0.1) is 0 Å². The molecule has 0 unspecified atom stereocenters. The largest absolute Gasteiger partial charge is 0.372 e. The van der Waals surface area contributed by atoms with Crippen molar-refractivity contribution >= 4 is 66.6 Å². The minimum absolute atomic E-state index is 0. The molecule has 1 heterocycles. The molecule has 5 nitrogen and oxygen atoms in total. The van der Waals surface area contributed by atoms with Crippen molar-refractivity contribution in [3.8, 4) is 0 Å². The molecule has 0 bridgehead atoms. The third-order valence-corrected chi connectivity index (χ3v) is 7.13. The zero-order valence-electron chi connectivity index (χ0n) is 19.2. The van der Waals surface area contributed by atoms with E-state index >= 15 is 0 Å². The average molecular weight is 540 g/mol. The molecule has 3 rings (SSSR count). The Hall–Kier alpha value is -1.67. The summed E-state index contributed by atoms with van der Waals surface area (Å²) in [5, 5.41) is 0.748. The lowest BCUT2D eigenvalue weighted by Crippen LogP contribution is -2.38. The molecule has 0 saturated carbocycles. The topological polar surface area (TPSA) is 39.7 Å². The third-order valence-electron chi connectivity index (χ3n) is 5.59. The molecule has 0 saturated heterocycles. The molecule has 32 heavy (non-hydrogen) atoms. The number of carbonyl (C=O) groups is 1. The van der Waals surface area contributed by atoms with Gasteiger partial charge in [0.15, 0.2) is 5.13 Å². The standard InChI is InChI=1S/C24H31BrN4OS.ClH/c1-5-27(6-2)15-16-29(24-26-21-14-11-19(25)17-22(21)31-24)23(30)18-9-12-20(13-10-18)28(7-3)8-4;/h9-14,17H,5-8,15-16H2,1-4H3;1H. The van der Waals surface area contributed by atoms with Crippen LogP contribution in [0.3, 0.4) is 0 Å². The van der Waals surface area contributed by atoms with Gasteiger partial charge < -0.3 is 9.80 Å². The Labute approximate surface area is 210 Å². The quantitative estimate of drug-likeness (QED) is 0.302. The maximum atomic E-state index is 13.5. The fourth-order valence-corrected chi connectivity index (χ4v) is 5.17. The van der Waals surface area contributed by atoms with Crippen molar-refractivity contribution in [3.63, 3.8) is 0 Å². The van der Waals surface area contributed by atoms with Crippen molar-refractivity contribution < 1.29 is 4.79 Å². The molecular formula is C24H32BrClN4OS. The van der Waals surface area contributed by atoms with Gasteiger partial charge >= 0.3 is 0 Å². The van der Waals surface area contributed by atoms with Gasteiger partial charge in [0.05, 0.1) is 10.2 Å². The van der Waals surface area contributed by atoms with Crippen molar-refractivity contribution in [3.05, 3.63) is 52.5 Å². The summed E-state index contributed by atoms with van der Waals surface area (Å²) in [4.78, 5) is 24.8. The highest BCUT2D eigenvalue weighted by molar-refractivity contribution is 9.10. The van der Waals surface area contributed by atoms with Crippen LogP contribution < -0.4 is 9.80 Å². The minimum Gasteiger partial charge on any atom is -0.372 e. The van der Waals surface area contributed by atoms with Gasteiger partial charge in [0.25, 0.3) is 5.91 Å². The number of nitrogens with zero attached hydrogens (tertiary/aromatic N) is 4. The van der Waals surface area contributed by atoms with Gasteiger partial charge in [-0.3, -0.25) is 9.69 Å². The van der Waals surface area contributed by atoms with Gasteiger partial charge in [-0.25, -0.2) is 4.98 Å². The van der Waals surface area contributed by atoms with E-state index in [1.165, 1.54) is 0 Å². The number of benzene rings is 2. The molecule has 174 valence electrons. The van der Waals surface area contributed by atoms with Crippen molar-refractivity contribution in [2.75, 3.05) is 49.1 Å². The first kappa shape index (κ1) is 26.6. The van der Waals surface area contributed by atoms with Crippen molar-refractivity contribution in [2.45, 2.75) is 27.7 Å². The van der Waals surface area contributed by atoms with E-state index < -0.39 is 0 Å². The van der Waals surface area contributed by atoms with E-state index in [0.717, 1.165) is 58.2 Å². The molecule has 8 heteroatoms. The number of anilines is 2. The smallest absolute Gasteiger partial charge is 0.260 e. The van der Waals surface area contributed by atoms with Gasteiger partial charge in [-0.15, -0.1) is 12.4 Å². The zero-order valence-corrected chi connectivity index (χ0v) is 22.4. The predicted octanol–water partition coefficient (Wildman–Crippen LogP) is 6.32. The number of hydrogen-bond donors (Lipinski definition) is 0. The number of likely N-dealkylation sites (N-methyl/N-ethyl adjacent to an activating group) is 1. The molecule has 2 aromatic carbocycles. The van der Waals surface area contributed by atoms with Crippen LogP contribution in [-0.4, -0.2) is 55.1 Å². The predicted molar refractivity (Wildman–Crippen MR) is 144 cm³/mol. The number of aromatic nitrogens is 1. The highest BCUT2D eigenvalue weighted by Crippen LogP contribution is 2.31. The Morgan fingerprint density at radius 2 is 1.59 bits per heavy atom. The first-order chi connectivity index (χ1) is 15.0. The van der Waals surface area contributed by atoms with Crippen LogP contribution in [-0.2, 0) is 0 Å². The van der Waals surface area contributed by atoms with E-state index in [1.807, 2.05) is 41.3 Å². The monoisotopic (exact) mass is 538 g/mol. The van der Waals surface area contributed by atoms with Crippen LogP contribution in [0.25, 0.3) is 10.2 Å². The summed E-state index contributed by atoms with van der Waals surface area (Å²) in [5.74, 6) is -0.00336. The van der Waals surface area contributed by atoms with Gasteiger partial charge in [0, 0.05) is 41.9 Å². The minimum atomic E-state index is -0.00336. The summed E-state index contributed by atoms with van der Waals surface area (Å²) in [7, 11) is 0. The second kappa shape index (κ2) is 12.5. The van der Waals surface area contributed by atoms with Crippen molar-refractivity contribution in [1.82, 2.24) is 9.88 Å². The number of fused-ring (bicyclic) bond motifs is 1. The van der Waals surface area contributed by atoms with Crippen LogP contribution in [0.4, 0.5) is 10.8 Å². The Morgan fingerprint density at radius 1 is 0.938 bits per heavy atom. The Kier molecular flexibility index (Phi) is 10.4. The molecule has 1 aromatic heterocycles. The van der Waals surface area contributed by atoms with E-state index in [2.05, 4.69) is 59.5 Å². The molecule has 3 aromatic rings. The Morgan fingerprint density at radius 3 is 2.19 bits per heavy atom. The average Bonchev–Trinajstić information content (AvgIpc) is 3.20. The fraction of sp³-hybridized carbons (Fsp3) is 0.417. The van der Waals surface area contributed by atoms with E-state index in [-0.39, 0.29) is 18.3 Å².